The Morgan fingerprint density at radius 1 is 1.50 bits per heavy atom. The van der Waals surface area contributed by atoms with Gasteiger partial charge in [0, 0.05) is 0 Å². The summed E-state index contributed by atoms with van der Waals surface area (Å²) in [5.74, 6) is -1.05. The van der Waals surface area contributed by atoms with Gasteiger partial charge in [-0.2, -0.15) is 0 Å². The first-order chi connectivity index (χ1) is 7.61. The lowest BCUT2D eigenvalue weighted by molar-refractivity contribution is 0.0599. The molecule has 0 N–H and O–H groups in total. The van der Waals surface area contributed by atoms with Gasteiger partial charge in [-0.15, -0.1) is 0 Å². The van der Waals surface area contributed by atoms with E-state index in [2.05, 4.69) is 20.7 Å². The van der Waals surface area contributed by atoms with Crippen LogP contribution in [-0.4, -0.2) is 19.7 Å². The van der Waals surface area contributed by atoms with E-state index in [1.165, 1.54) is 19.2 Å². The largest absolute Gasteiger partial charge is 0.490 e. The Hall–Kier alpha value is -1.10. The van der Waals surface area contributed by atoms with Gasteiger partial charge in [0.1, 0.15) is 0 Å². The molecule has 3 nitrogen and oxygen atoms in total. The van der Waals surface area contributed by atoms with Gasteiger partial charge in [0.2, 0.25) is 0 Å². The van der Waals surface area contributed by atoms with Crippen LogP contribution in [0.5, 0.6) is 5.75 Å². The van der Waals surface area contributed by atoms with Crippen LogP contribution in [0.4, 0.5) is 4.39 Å². The summed E-state index contributed by atoms with van der Waals surface area (Å²) in [7, 11) is 1.24. The predicted molar refractivity (Wildman–Crippen MR) is 61.2 cm³/mol. The SMILES string of the molecule is CCCOc1ccc(C(=O)OC)c(Br)c1F. The lowest BCUT2D eigenvalue weighted by Gasteiger charge is -2.09. The van der Waals surface area contributed by atoms with E-state index in [0.29, 0.717) is 6.61 Å². The Morgan fingerprint density at radius 2 is 2.19 bits per heavy atom. The third-order valence-electron chi connectivity index (χ3n) is 1.91. The first kappa shape index (κ1) is 13.0. The number of carbonyl (C=O) groups is 1. The van der Waals surface area contributed by atoms with Crippen molar-refractivity contribution in [3.05, 3.63) is 28.0 Å². The standard InChI is InChI=1S/C11H12BrFO3/c1-3-6-16-8-5-4-7(11(14)15-2)9(12)10(8)13/h4-5H,3,6H2,1-2H3. The summed E-state index contributed by atoms with van der Waals surface area (Å²) < 4.78 is 23.5. The maximum atomic E-state index is 13.7. The second kappa shape index (κ2) is 5.84. The van der Waals surface area contributed by atoms with Crippen LogP contribution in [0.2, 0.25) is 0 Å². The Labute approximate surface area is 102 Å². The number of halogens is 2. The van der Waals surface area contributed by atoms with Crippen LogP contribution in [0.1, 0.15) is 23.7 Å². The van der Waals surface area contributed by atoms with Gasteiger partial charge in [-0.05, 0) is 34.5 Å². The van der Waals surface area contributed by atoms with Crippen molar-refractivity contribution in [2.75, 3.05) is 13.7 Å². The van der Waals surface area contributed by atoms with Crippen molar-refractivity contribution in [1.82, 2.24) is 0 Å². The monoisotopic (exact) mass is 290 g/mol. The molecule has 0 saturated heterocycles. The van der Waals surface area contributed by atoms with E-state index in [1.54, 1.807) is 0 Å². The average molecular weight is 291 g/mol. The molecular weight excluding hydrogens is 279 g/mol. The normalized spacial score (nSPS) is 10.0. The van der Waals surface area contributed by atoms with Crippen molar-refractivity contribution in [2.45, 2.75) is 13.3 Å². The van der Waals surface area contributed by atoms with E-state index in [9.17, 15) is 9.18 Å². The van der Waals surface area contributed by atoms with E-state index in [-0.39, 0.29) is 15.8 Å². The summed E-state index contributed by atoms with van der Waals surface area (Å²) in [6.45, 7) is 2.36. The maximum Gasteiger partial charge on any atom is 0.339 e. The lowest BCUT2D eigenvalue weighted by atomic mass is 10.2. The molecule has 0 radical (unpaired) electrons. The lowest BCUT2D eigenvalue weighted by Crippen LogP contribution is -2.05. The quantitative estimate of drug-likeness (QED) is 0.799. The summed E-state index contributed by atoms with van der Waals surface area (Å²) in [5, 5.41) is 0. The molecule has 0 unspecified atom stereocenters. The fourth-order valence-electron chi connectivity index (χ4n) is 1.12. The molecule has 1 aromatic rings. The molecule has 0 heterocycles. The molecule has 0 saturated carbocycles. The van der Waals surface area contributed by atoms with E-state index in [4.69, 9.17) is 4.74 Å². The van der Waals surface area contributed by atoms with Crippen molar-refractivity contribution in [3.8, 4) is 5.75 Å². The molecule has 5 heteroatoms. The highest BCUT2D eigenvalue weighted by atomic mass is 79.9. The third kappa shape index (κ3) is 2.72. The van der Waals surface area contributed by atoms with Crippen molar-refractivity contribution in [1.29, 1.82) is 0 Å². The molecule has 0 aliphatic carbocycles. The summed E-state index contributed by atoms with van der Waals surface area (Å²) in [5.41, 5.74) is 0.142. The van der Waals surface area contributed by atoms with Crippen LogP contribution in [0, 0.1) is 5.82 Å². The fraction of sp³-hybridized carbons (Fsp3) is 0.364. The zero-order valence-electron chi connectivity index (χ0n) is 9.05. The van der Waals surface area contributed by atoms with Gasteiger partial charge in [0.15, 0.2) is 11.6 Å². The Kier molecular flexibility index (Phi) is 4.73. The number of hydrogen-bond donors (Lipinski definition) is 0. The number of rotatable bonds is 4. The van der Waals surface area contributed by atoms with Crippen LogP contribution in [-0.2, 0) is 4.74 Å². The zero-order valence-corrected chi connectivity index (χ0v) is 10.6. The van der Waals surface area contributed by atoms with Gasteiger partial charge in [-0.3, -0.25) is 0 Å². The Morgan fingerprint density at radius 3 is 2.75 bits per heavy atom. The minimum absolute atomic E-state index is 0.0629. The highest BCUT2D eigenvalue weighted by Gasteiger charge is 2.17. The summed E-state index contributed by atoms with van der Waals surface area (Å²) in [6, 6.07) is 2.88. The number of methoxy groups -OCH3 is 1. The van der Waals surface area contributed by atoms with Gasteiger partial charge < -0.3 is 9.47 Å². The molecule has 1 rings (SSSR count). The average Bonchev–Trinajstić information content (AvgIpc) is 2.30. The van der Waals surface area contributed by atoms with Crippen LogP contribution >= 0.6 is 15.9 Å². The number of carbonyl (C=O) groups excluding carboxylic acids is 1. The number of ether oxygens (including phenoxy) is 2. The third-order valence-corrected chi connectivity index (χ3v) is 2.69. The van der Waals surface area contributed by atoms with Crippen molar-refractivity contribution in [2.24, 2.45) is 0 Å². The maximum absolute atomic E-state index is 13.7. The van der Waals surface area contributed by atoms with Gasteiger partial charge in [-0.25, -0.2) is 9.18 Å². The minimum atomic E-state index is -0.590. The molecule has 0 aliphatic heterocycles. The number of benzene rings is 1. The second-order valence-corrected chi connectivity index (χ2v) is 3.87. The summed E-state index contributed by atoms with van der Waals surface area (Å²) >= 11 is 3.01. The van der Waals surface area contributed by atoms with Crippen molar-refractivity contribution < 1.29 is 18.7 Å². The summed E-state index contributed by atoms with van der Waals surface area (Å²) in [6.07, 6.45) is 0.788. The van der Waals surface area contributed by atoms with E-state index >= 15 is 0 Å². The van der Waals surface area contributed by atoms with Crippen molar-refractivity contribution in [3.63, 3.8) is 0 Å². The van der Waals surface area contributed by atoms with E-state index in [1.807, 2.05) is 6.92 Å². The molecule has 0 fully saturated rings. The second-order valence-electron chi connectivity index (χ2n) is 3.08. The summed E-state index contributed by atoms with van der Waals surface area (Å²) in [4.78, 5) is 11.3. The Bertz CT molecular complexity index is 393. The molecule has 0 spiro atoms. The minimum Gasteiger partial charge on any atom is -0.490 e. The smallest absolute Gasteiger partial charge is 0.339 e. The molecule has 0 atom stereocenters. The predicted octanol–water partition coefficient (Wildman–Crippen LogP) is 3.16. The highest BCUT2D eigenvalue weighted by Crippen LogP contribution is 2.29. The molecular formula is C11H12BrFO3. The molecule has 0 aliphatic rings. The van der Waals surface area contributed by atoms with Crippen LogP contribution < -0.4 is 4.74 Å². The molecule has 88 valence electrons. The molecule has 0 aromatic heterocycles. The van der Waals surface area contributed by atoms with Crippen LogP contribution in [0.25, 0.3) is 0 Å². The molecule has 0 bridgehead atoms. The van der Waals surface area contributed by atoms with Gasteiger partial charge in [0.25, 0.3) is 0 Å². The first-order valence-corrected chi connectivity index (χ1v) is 5.60. The van der Waals surface area contributed by atoms with Crippen LogP contribution in [0.3, 0.4) is 0 Å². The molecule has 1 aromatic carbocycles. The first-order valence-electron chi connectivity index (χ1n) is 4.81. The van der Waals surface area contributed by atoms with E-state index < -0.39 is 11.8 Å². The van der Waals surface area contributed by atoms with Gasteiger partial charge in [0.05, 0.1) is 23.8 Å². The highest BCUT2D eigenvalue weighted by molar-refractivity contribution is 9.10. The topological polar surface area (TPSA) is 35.5 Å². The molecule has 0 amide bonds. The fourth-order valence-corrected chi connectivity index (χ4v) is 1.61. The number of hydrogen-bond acceptors (Lipinski definition) is 3. The zero-order chi connectivity index (χ0) is 12.1. The van der Waals surface area contributed by atoms with Crippen molar-refractivity contribution >= 4 is 21.9 Å². The van der Waals surface area contributed by atoms with E-state index in [0.717, 1.165) is 6.42 Å². The van der Waals surface area contributed by atoms with Gasteiger partial charge in [-0.1, -0.05) is 6.92 Å². The van der Waals surface area contributed by atoms with Crippen LogP contribution in [0.15, 0.2) is 16.6 Å². The molecule has 16 heavy (non-hydrogen) atoms. The Balaban J connectivity index is 3.03. The van der Waals surface area contributed by atoms with Gasteiger partial charge >= 0.3 is 5.97 Å². The number of esters is 1.